The van der Waals surface area contributed by atoms with Crippen molar-refractivity contribution in [1.82, 2.24) is 9.97 Å². The molecule has 44 heavy (non-hydrogen) atoms. The Labute approximate surface area is 250 Å². The lowest BCUT2D eigenvalue weighted by molar-refractivity contribution is -0.392. The number of aryl methyl sites for hydroxylation is 2. The van der Waals surface area contributed by atoms with Gasteiger partial charge in [-0.1, -0.05) is 17.7 Å². The zero-order valence-corrected chi connectivity index (χ0v) is 24.5. The number of aromatic nitrogens is 2. The van der Waals surface area contributed by atoms with Crippen molar-refractivity contribution in [2.75, 3.05) is 29.6 Å². The third-order valence-corrected chi connectivity index (χ3v) is 7.50. The van der Waals surface area contributed by atoms with Crippen LogP contribution in [0.2, 0.25) is 0 Å². The minimum absolute atomic E-state index is 0.0576. The summed E-state index contributed by atoms with van der Waals surface area (Å²) in [6.07, 6.45) is 0. The van der Waals surface area contributed by atoms with Gasteiger partial charge in [0.25, 0.3) is 15.9 Å². The van der Waals surface area contributed by atoms with Crippen molar-refractivity contribution in [3.63, 3.8) is 0 Å². The molecule has 16 nitrogen and oxygen atoms in total. The van der Waals surface area contributed by atoms with Crippen LogP contribution in [0.25, 0.3) is 0 Å². The molecule has 0 spiro atoms. The fraction of sp³-hybridized carbons (Fsp3) is 0.148. The second-order valence-electron chi connectivity index (χ2n) is 9.21. The van der Waals surface area contributed by atoms with Gasteiger partial charge in [0.15, 0.2) is 11.5 Å². The first-order valence-electron chi connectivity index (χ1n) is 12.5. The lowest BCUT2D eigenvalue weighted by Crippen LogP contribution is -2.16. The van der Waals surface area contributed by atoms with Crippen LogP contribution in [-0.4, -0.2) is 48.4 Å². The van der Waals surface area contributed by atoms with Crippen molar-refractivity contribution < 1.29 is 32.5 Å². The third kappa shape index (κ3) is 6.96. The number of rotatable bonds is 11. The van der Waals surface area contributed by atoms with E-state index in [9.17, 15) is 33.4 Å². The van der Waals surface area contributed by atoms with Gasteiger partial charge in [0.2, 0.25) is 5.88 Å². The van der Waals surface area contributed by atoms with Crippen LogP contribution >= 0.6 is 0 Å². The molecule has 0 radical (unpaired) electrons. The summed E-state index contributed by atoms with van der Waals surface area (Å²) >= 11 is 0. The summed E-state index contributed by atoms with van der Waals surface area (Å²) in [6, 6.07) is 13.1. The fourth-order valence-electron chi connectivity index (χ4n) is 4.02. The number of methoxy groups -OCH3 is 2. The lowest BCUT2D eigenvalue weighted by atomic mass is 10.1. The predicted octanol–water partition coefficient (Wildman–Crippen LogP) is 4.72. The smallest absolute Gasteiger partial charge is 0.321 e. The molecule has 17 heteroatoms. The molecule has 1 heterocycles. The minimum atomic E-state index is -4.15. The molecule has 0 atom stereocenters. The molecule has 0 saturated carbocycles. The first-order chi connectivity index (χ1) is 20.8. The van der Waals surface area contributed by atoms with E-state index >= 15 is 0 Å². The third-order valence-electron chi connectivity index (χ3n) is 6.13. The average molecular weight is 624 g/mol. The predicted molar refractivity (Wildman–Crippen MR) is 159 cm³/mol. The van der Waals surface area contributed by atoms with E-state index in [2.05, 4.69) is 25.3 Å². The summed E-state index contributed by atoms with van der Waals surface area (Å²) in [5, 5.41) is 29.1. The summed E-state index contributed by atoms with van der Waals surface area (Å²) in [4.78, 5) is 42.8. The van der Waals surface area contributed by atoms with E-state index in [0.29, 0.717) is 11.3 Å². The highest BCUT2D eigenvalue weighted by atomic mass is 32.2. The van der Waals surface area contributed by atoms with Gasteiger partial charge < -0.3 is 20.1 Å². The zero-order chi connectivity index (χ0) is 32.2. The molecule has 0 aliphatic heterocycles. The van der Waals surface area contributed by atoms with Gasteiger partial charge in [0.1, 0.15) is 0 Å². The van der Waals surface area contributed by atoms with E-state index in [-0.39, 0.29) is 39.5 Å². The van der Waals surface area contributed by atoms with Gasteiger partial charge in [-0.25, -0.2) is 8.42 Å². The van der Waals surface area contributed by atoms with Crippen molar-refractivity contribution in [1.29, 1.82) is 0 Å². The van der Waals surface area contributed by atoms with Gasteiger partial charge in [-0.05, 0) is 49.7 Å². The van der Waals surface area contributed by atoms with Crippen molar-refractivity contribution >= 4 is 50.2 Å². The highest BCUT2D eigenvalue weighted by molar-refractivity contribution is 7.92. The number of carbonyl (C=O) groups excluding carboxylic acids is 1. The first kappa shape index (κ1) is 31.1. The summed E-state index contributed by atoms with van der Waals surface area (Å²) in [6.45, 7) is 3.60. The molecule has 0 aliphatic carbocycles. The van der Waals surface area contributed by atoms with Crippen LogP contribution in [0.5, 0.6) is 11.9 Å². The van der Waals surface area contributed by atoms with Crippen LogP contribution < -0.4 is 24.8 Å². The number of amides is 1. The molecule has 0 aliphatic rings. The molecule has 228 valence electrons. The largest absolute Gasteiger partial charge is 0.481 e. The molecule has 4 aromatic rings. The number of nitro benzene ring substituents is 2. The Morgan fingerprint density at radius 2 is 1.50 bits per heavy atom. The lowest BCUT2D eigenvalue weighted by Gasteiger charge is -2.13. The van der Waals surface area contributed by atoms with Crippen molar-refractivity contribution in [3.05, 3.63) is 97.6 Å². The molecule has 1 aromatic heterocycles. The van der Waals surface area contributed by atoms with Gasteiger partial charge in [-0.15, -0.1) is 0 Å². The monoisotopic (exact) mass is 623 g/mol. The Hall–Kier alpha value is -5.84. The van der Waals surface area contributed by atoms with E-state index in [4.69, 9.17) is 9.47 Å². The maximum absolute atomic E-state index is 13.0. The fourth-order valence-corrected chi connectivity index (χ4v) is 5.01. The van der Waals surface area contributed by atoms with E-state index < -0.39 is 37.2 Å². The summed E-state index contributed by atoms with van der Waals surface area (Å²) in [5.41, 5.74) is 0.0444. The van der Waals surface area contributed by atoms with Crippen molar-refractivity contribution in [2.24, 2.45) is 0 Å². The van der Waals surface area contributed by atoms with Crippen LogP contribution in [0.15, 0.2) is 65.6 Å². The van der Waals surface area contributed by atoms with Gasteiger partial charge >= 0.3 is 17.4 Å². The van der Waals surface area contributed by atoms with Crippen LogP contribution in [0.4, 0.5) is 34.3 Å². The van der Waals surface area contributed by atoms with Crippen LogP contribution in [0.3, 0.4) is 0 Å². The SMILES string of the molecule is COc1cc(NS(=O)(=O)c2ccc(NC(=O)c3cc([N+](=O)[O-])c(Nc4ccc(C)cc4C)c([N+](=O)[O-])c3)cc2)nc(OC)n1. The summed E-state index contributed by atoms with van der Waals surface area (Å²) in [5.74, 6) is -0.963. The first-order valence-corrected chi connectivity index (χ1v) is 14.0. The number of nitrogens with one attached hydrogen (secondary N) is 3. The Morgan fingerprint density at radius 1 is 0.864 bits per heavy atom. The zero-order valence-electron chi connectivity index (χ0n) is 23.6. The van der Waals surface area contributed by atoms with Gasteiger partial charge in [0, 0.05) is 29.6 Å². The number of benzene rings is 3. The van der Waals surface area contributed by atoms with Crippen molar-refractivity contribution in [3.8, 4) is 11.9 Å². The maximum atomic E-state index is 13.0. The topological polar surface area (TPSA) is 218 Å². The Kier molecular flexibility index (Phi) is 8.89. The molecule has 3 N–H and O–H groups in total. The van der Waals surface area contributed by atoms with Gasteiger partial charge in [-0.2, -0.15) is 9.97 Å². The van der Waals surface area contributed by atoms with E-state index in [1.54, 1.807) is 25.1 Å². The molecular formula is C27H25N7O9S. The molecule has 0 fully saturated rings. The molecule has 1 amide bonds. The van der Waals surface area contributed by atoms with Crippen LogP contribution in [-0.2, 0) is 10.0 Å². The quantitative estimate of drug-likeness (QED) is 0.153. The standard InChI is InChI=1S/C27H25N7O9S/c1-15-5-10-20(16(2)11-15)29-25-21(33(36)37)12-17(13-22(25)34(38)39)26(35)28-18-6-8-19(9-7-18)44(40,41)32-23-14-24(42-3)31-27(30-23)43-4/h5-14,29H,1-4H3,(H,28,35)(H,30,31,32). The molecule has 0 unspecified atom stereocenters. The number of hydrogen-bond donors (Lipinski definition) is 3. The van der Waals surface area contributed by atoms with Gasteiger partial charge in [0.05, 0.1) is 34.5 Å². The van der Waals surface area contributed by atoms with E-state index in [0.717, 1.165) is 17.7 Å². The van der Waals surface area contributed by atoms with Crippen LogP contribution in [0, 0.1) is 34.1 Å². The maximum Gasteiger partial charge on any atom is 0.321 e. The number of hydrogen-bond acceptors (Lipinski definition) is 12. The molecule has 0 bridgehead atoms. The number of nitrogens with zero attached hydrogens (tertiary/aromatic N) is 4. The highest BCUT2D eigenvalue weighted by Gasteiger charge is 2.29. The van der Waals surface area contributed by atoms with Gasteiger partial charge in [-0.3, -0.25) is 29.7 Å². The van der Waals surface area contributed by atoms with E-state index in [1.807, 2.05) is 6.92 Å². The number of sulfonamides is 1. The molecule has 3 aromatic carbocycles. The van der Waals surface area contributed by atoms with E-state index in [1.165, 1.54) is 44.6 Å². The summed E-state index contributed by atoms with van der Waals surface area (Å²) < 4.78 is 38.0. The normalized spacial score (nSPS) is 10.9. The minimum Gasteiger partial charge on any atom is -0.481 e. The molecule has 0 saturated heterocycles. The second kappa shape index (κ2) is 12.6. The van der Waals surface area contributed by atoms with Crippen molar-refractivity contribution in [2.45, 2.75) is 18.7 Å². The van der Waals surface area contributed by atoms with Crippen LogP contribution in [0.1, 0.15) is 21.5 Å². The number of ether oxygens (including phenoxy) is 2. The summed E-state index contributed by atoms with van der Waals surface area (Å²) in [7, 11) is -1.51. The second-order valence-corrected chi connectivity index (χ2v) is 10.9. The number of carbonyl (C=O) groups is 1. The number of nitro groups is 2. The molecule has 4 rings (SSSR count). The number of anilines is 4. The highest BCUT2D eigenvalue weighted by Crippen LogP contribution is 2.39. The average Bonchev–Trinajstić information content (AvgIpc) is 2.97. The Morgan fingerprint density at radius 3 is 2.05 bits per heavy atom. The Balaban J connectivity index is 1.58. The Bertz CT molecular complexity index is 1820. The molecular weight excluding hydrogens is 598 g/mol.